The number of carbonyl (C=O) groups excluding carboxylic acids is 2. The zero-order valence-corrected chi connectivity index (χ0v) is 11.6. The highest BCUT2D eigenvalue weighted by molar-refractivity contribution is 8.00. The van der Waals surface area contributed by atoms with Gasteiger partial charge in [0.25, 0.3) is 0 Å². The summed E-state index contributed by atoms with van der Waals surface area (Å²) in [5, 5.41) is 2.69. The number of nitrogens with one attached hydrogen (secondary N) is 1. The molecule has 0 radical (unpaired) electrons. The van der Waals surface area contributed by atoms with Crippen LogP contribution in [-0.2, 0) is 4.79 Å². The number of anilines is 1. The van der Waals surface area contributed by atoms with Crippen LogP contribution >= 0.6 is 11.8 Å². The summed E-state index contributed by atoms with van der Waals surface area (Å²) < 4.78 is 18.5. The first-order chi connectivity index (χ1) is 10.1. The van der Waals surface area contributed by atoms with Crippen molar-refractivity contribution < 1.29 is 18.7 Å². The van der Waals surface area contributed by atoms with Crippen molar-refractivity contribution in [1.82, 2.24) is 0 Å². The summed E-state index contributed by atoms with van der Waals surface area (Å²) in [6.07, 6.45) is 0. The molecule has 1 amide bonds. The fraction of sp³-hybridized carbons (Fsp3) is 0.0667. The summed E-state index contributed by atoms with van der Waals surface area (Å²) in [6.45, 7) is 0. The number of halogens is 1. The molecule has 0 aromatic heterocycles. The molecule has 2 aromatic rings. The molecule has 0 saturated heterocycles. The van der Waals surface area contributed by atoms with Crippen molar-refractivity contribution in [2.75, 3.05) is 11.1 Å². The molecule has 106 valence electrons. The molecule has 3 rings (SSSR count). The van der Waals surface area contributed by atoms with Gasteiger partial charge in [-0.05, 0) is 30.3 Å². The smallest absolute Gasteiger partial charge is 0.343 e. The van der Waals surface area contributed by atoms with E-state index in [1.54, 1.807) is 18.2 Å². The van der Waals surface area contributed by atoms with Crippen LogP contribution < -0.4 is 10.1 Å². The second kappa shape index (κ2) is 5.57. The second-order valence-electron chi connectivity index (χ2n) is 4.37. The lowest BCUT2D eigenvalue weighted by atomic mass is 10.2. The molecule has 0 spiro atoms. The lowest BCUT2D eigenvalue weighted by Crippen LogP contribution is -2.19. The van der Waals surface area contributed by atoms with Crippen molar-refractivity contribution in [3.05, 3.63) is 53.8 Å². The van der Waals surface area contributed by atoms with Gasteiger partial charge in [0.1, 0.15) is 0 Å². The number of ether oxygens (including phenoxy) is 1. The maximum atomic E-state index is 13.5. The number of hydrogen-bond donors (Lipinski definition) is 1. The van der Waals surface area contributed by atoms with Gasteiger partial charge in [-0.25, -0.2) is 9.18 Å². The fourth-order valence-corrected chi connectivity index (χ4v) is 2.68. The highest BCUT2D eigenvalue weighted by atomic mass is 32.2. The Balaban J connectivity index is 1.84. The molecular formula is C15H10FNO3S. The van der Waals surface area contributed by atoms with E-state index in [9.17, 15) is 14.0 Å². The van der Waals surface area contributed by atoms with Crippen molar-refractivity contribution in [2.24, 2.45) is 0 Å². The van der Waals surface area contributed by atoms with Crippen molar-refractivity contribution >= 4 is 29.3 Å². The number of carbonyl (C=O) groups is 2. The Kier molecular flexibility index (Phi) is 3.62. The van der Waals surface area contributed by atoms with Gasteiger partial charge in [-0.3, -0.25) is 4.79 Å². The van der Waals surface area contributed by atoms with Gasteiger partial charge in [0, 0.05) is 4.90 Å². The van der Waals surface area contributed by atoms with Crippen LogP contribution in [-0.4, -0.2) is 17.6 Å². The van der Waals surface area contributed by atoms with Crippen molar-refractivity contribution in [3.8, 4) is 5.75 Å². The number of fused-ring (bicyclic) bond motifs is 1. The number of esters is 1. The van der Waals surface area contributed by atoms with E-state index in [0.29, 0.717) is 11.4 Å². The topological polar surface area (TPSA) is 55.4 Å². The van der Waals surface area contributed by atoms with E-state index < -0.39 is 11.8 Å². The molecule has 0 fully saturated rings. The monoisotopic (exact) mass is 303 g/mol. The molecule has 2 aromatic carbocycles. The van der Waals surface area contributed by atoms with Crippen LogP contribution in [0.15, 0.2) is 47.4 Å². The van der Waals surface area contributed by atoms with E-state index >= 15 is 0 Å². The molecule has 0 bridgehead atoms. The van der Waals surface area contributed by atoms with Crippen LogP contribution in [0.3, 0.4) is 0 Å². The molecule has 6 heteroatoms. The van der Waals surface area contributed by atoms with E-state index in [2.05, 4.69) is 5.32 Å². The molecule has 0 atom stereocenters. The summed E-state index contributed by atoms with van der Waals surface area (Å²) in [5.41, 5.74) is 0.819. The molecular weight excluding hydrogens is 293 g/mol. The Morgan fingerprint density at radius 3 is 2.86 bits per heavy atom. The lowest BCUT2D eigenvalue weighted by molar-refractivity contribution is -0.113. The molecule has 1 N–H and O–H groups in total. The largest absolute Gasteiger partial charge is 0.420 e. The number of hydrogen-bond acceptors (Lipinski definition) is 4. The third-order valence-corrected chi connectivity index (χ3v) is 3.96. The third-order valence-electron chi connectivity index (χ3n) is 2.89. The molecule has 0 unspecified atom stereocenters. The summed E-state index contributed by atoms with van der Waals surface area (Å²) >= 11 is 1.40. The molecule has 4 nitrogen and oxygen atoms in total. The molecule has 1 aliphatic heterocycles. The Hall–Kier alpha value is -2.34. The Labute approximate surface area is 124 Å². The minimum Gasteiger partial charge on any atom is -0.420 e. The third kappa shape index (κ3) is 2.90. The Morgan fingerprint density at radius 2 is 2.05 bits per heavy atom. The maximum absolute atomic E-state index is 13.5. The number of benzene rings is 2. The van der Waals surface area contributed by atoms with Crippen LogP contribution in [0.2, 0.25) is 0 Å². The highest BCUT2D eigenvalue weighted by Crippen LogP contribution is 2.32. The van der Waals surface area contributed by atoms with Gasteiger partial charge in [0.05, 0.1) is 17.0 Å². The average Bonchev–Trinajstić information content (AvgIpc) is 2.48. The van der Waals surface area contributed by atoms with Crippen LogP contribution in [0.1, 0.15) is 10.4 Å². The van der Waals surface area contributed by atoms with Crippen LogP contribution in [0, 0.1) is 5.82 Å². The van der Waals surface area contributed by atoms with Crippen molar-refractivity contribution in [1.29, 1.82) is 0 Å². The molecule has 21 heavy (non-hydrogen) atoms. The van der Waals surface area contributed by atoms with Gasteiger partial charge in [-0.1, -0.05) is 12.1 Å². The van der Waals surface area contributed by atoms with Crippen LogP contribution in [0.5, 0.6) is 5.75 Å². The van der Waals surface area contributed by atoms with Gasteiger partial charge in [0.15, 0.2) is 11.6 Å². The van der Waals surface area contributed by atoms with Gasteiger partial charge < -0.3 is 10.1 Å². The quantitative estimate of drug-likeness (QED) is 0.684. The lowest BCUT2D eigenvalue weighted by Gasteiger charge is -2.16. The Morgan fingerprint density at radius 1 is 1.24 bits per heavy atom. The fourth-order valence-electron chi connectivity index (χ4n) is 1.90. The number of amides is 1. The first-order valence-corrected chi connectivity index (χ1v) is 7.15. The summed E-state index contributed by atoms with van der Waals surface area (Å²) in [7, 11) is 0. The van der Waals surface area contributed by atoms with Gasteiger partial charge in [-0.2, -0.15) is 0 Å². The molecule has 0 saturated carbocycles. The number of para-hydroxylation sites is 1. The minimum atomic E-state index is -0.673. The first-order valence-electron chi connectivity index (χ1n) is 6.17. The number of thioether (sulfide) groups is 1. The molecule has 1 aliphatic rings. The van der Waals surface area contributed by atoms with E-state index in [0.717, 1.165) is 4.90 Å². The van der Waals surface area contributed by atoms with Crippen molar-refractivity contribution in [3.63, 3.8) is 0 Å². The van der Waals surface area contributed by atoms with Gasteiger partial charge in [-0.15, -0.1) is 11.8 Å². The normalized spacial score (nSPS) is 13.3. The molecule has 0 aliphatic carbocycles. The van der Waals surface area contributed by atoms with E-state index in [1.807, 2.05) is 0 Å². The van der Waals surface area contributed by atoms with Crippen LogP contribution in [0.4, 0.5) is 10.1 Å². The summed E-state index contributed by atoms with van der Waals surface area (Å²) in [4.78, 5) is 24.3. The second-order valence-corrected chi connectivity index (χ2v) is 5.38. The minimum absolute atomic E-state index is 0.118. The van der Waals surface area contributed by atoms with E-state index in [4.69, 9.17) is 4.74 Å². The first kappa shape index (κ1) is 13.6. The van der Waals surface area contributed by atoms with E-state index in [-0.39, 0.29) is 17.2 Å². The van der Waals surface area contributed by atoms with Gasteiger partial charge in [0.2, 0.25) is 5.91 Å². The summed E-state index contributed by atoms with van der Waals surface area (Å²) in [6, 6.07) is 10.5. The maximum Gasteiger partial charge on any atom is 0.343 e. The summed E-state index contributed by atoms with van der Waals surface area (Å²) in [5.74, 6) is -1.17. The van der Waals surface area contributed by atoms with Crippen LogP contribution in [0.25, 0.3) is 0 Å². The van der Waals surface area contributed by atoms with E-state index in [1.165, 1.54) is 36.0 Å². The SMILES string of the molecule is O=C1CSc2ccc(C(=O)Oc3ccccc3F)cc2N1. The predicted octanol–water partition coefficient (Wildman–Crippen LogP) is 3.09. The van der Waals surface area contributed by atoms with Gasteiger partial charge >= 0.3 is 5.97 Å². The zero-order chi connectivity index (χ0) is 14.8. The average molecular weight is 303 g/mol. The standard InChI is InChI=1S/C15H10FNO3S/c16-10-3-1-2-4-12(10)20-15(19)9-5-6-13-11(7-9)17-14(18)8-21-13/h1-7H,8H2,(H,17,18). The zero-order valence-electron chi connectivity index (χ0n) is 10.8. The number of rotatable bonds is 2. The molecule has 1 heterocycles. The predicted molar refractivity (Wildman–Crippen MR) is 77.2 cm³/mol. The Bertz CT molecular complexity index is 733. The highest BCUT2D eigenvalue weighted by Gasteiger charge is 2.18. The van der Waals surface area contributed by atoms with Crippen molar-refractivity contribution in [2.45, 2.75) is 4.90 Å².